The van der Waals surface area contributed by atoms with E-state index in [1.165, 1.54) is 0 Å². The Morgan fingerprint density at radius 3 is 2.92 bits per heavy atom. The molecule has 2 N–H and O–H groups in total. The van der Waals surface area contributed by atoms with Crippen molar-refractivity contribution in [1.29, 1.82) is 0 Å². The number of hydrogen-bond acceptors (Lipinski definition) is 3. The monoisotopic (exact) mass is 166 g/mol. The minimum atomic E-state index is -0.0498. The molecule has 0 saturated carbocycles. The lowest BCUT2D eigenvalue weighted by molar-refractivity contribution is 0.248. The number of nitrogens with zero attached hydrogens (tertiary/aromatic N) is 1. The summed E-state index contributed by atoms with van der Waals surface area (Å²) in [6.45, 7) is 2.07. The quantitative estimate of drug-likeness (QED) is 0.692. The molecule has 0 amide bonds. The molecule has 3 heteroatoms. The Labute approximate surface area is 72.5 Å². The van der Waals surface area contributed by atoms with E-state index < -0.39 is 0 Å². The zero-order valence-electron chi connectivity index (χ0n) is 7.41. The summed E-state index contributed by atoms with van der Waals surface area (Å²) in [5.74, 6) is 0. The first kappa shape index (κ1) is 9.16. The summed E-state index contributed by atoms with van der Waals surface area (Å²) in [6.07, 6.45) is 1.74. The Hall–Kier alpha value is -0.930. The van der Waals surface area contributed by atoms with E-state index in [1.54, 1.807) is 6.20 Å². The molecule has 0 radical (unpaired) electrons. The molecule has 0 saturated heterocycles. The van der Waals surface area contributed by atoms with Crippen LogP contribution in [0.1, 0.15) is 17.3 Å². The summed E-state index contributed by atoms with van der Waals surface area (Å²) in [7, 11) is 1.81. The Morgan fingerprint density at radius 1 is 1.67 bits per heavy atom. The van der Waals surface area contributed by atoms with Crippen LogP contribution in [0.5, 0.6) is 0 Å². The van der Waals surface area contributed by atoms with Crippen molar-refractivity contribution in [3.63, 3.8) is 0 Å². The molecule has 0 aliphatic heterocycles. The SMILES string of the molecule is CNC(CO)c1ncccc1C. The van der Waals surface area contributed by atoms with Crippen molar-refractivity contribution in [2.75, 3.05) is 13.7 Å². The van der Waals surface area contributed by atoms with Crippen molar-refractivity contribution >= 4 is 0 Å². The molecule has 1 unspecified atom stereocenters. The number of aromatic nitrogens is 1. The van der Waals surface area contributed by atoms with Crippen molar-refractivity contribution in [3.8, 4) is 0 Å². The summed E-state index contributed by atoms with van der Waals surface area (Å²) in [6, 6.07) is 3.83. The molecule has 12 heavy (non-hydrogen) atoms. The van der Waals surface area contributed by atoms with Crippen LogP contribution in [0.25, 0.3) is 0 Å². The average molecular weight is 166 g/mol. The molecule has 0 aromatic carbocycles. The molecule has 66 valence electrons. The predicted molar refractivity (Wildman–Crippen MR) is 47.9 cm³/mol. The van der Waals surface area contributed by atoms with Crippen molar-refractivity contribution in [3.05, 3.63) is 29.6 Å². The Morgan fingerprint density at radius 2 is 2.42 bits per heavy atom. The fourth-order valence-corrected chi connectivity index (χ4v) is 1.18. The van der Waals surface area contributed by atoms with E-state index in [2.05, 4.69) is 10.3 Å². The first-order valence-electron chi connectivity index (χ1n) is 3.99. The molecule has 1 atom stereocenters. The van der Waals surface area contributed by atoms with Crippen LogP contribution in [0.4, 0.5) is 0 Å². The summed E-state index contributed by atoms with van der Waals surface area (Å²) >= 11 is 0. The molecule has 3 nitrogen and oxygen atoms in total. The van der Waals surface area contributed by atoms with Crippen molar-refractivity contribution in [2.45, 2.75) is 13.0 Å². The van der Waals surface area contributed by atoms with Gasteiger partial charge >= 0.3 is 0 Å². The highest BCUT2D eigenvalue weighted by Crippen LogP contribution is 2.12. The molecule has 0 bridgehead atoms. The van der Waals surface area contributed by atoms with Crippen LogP contribution in [0.15, 0.2) is 18.3 Å². The van der Waals surface area contributed by atoms with Gasteiger partial charge in [0.1, 0.15) is 0 Å². The second kappa shape index (κ2) is 4.18. The van der Waals surface area contributed by atoms with Gasteiger partial charge in [-0.2, -0.15) is 0 Å². The van der Waals surface area contributed by atoms with Gasteiger partial charge in [0, 0.05) is 6.20 Å². The molecule has 0 fully saturated rings. The summed E-state index contributed by atoms with van der Waals surface area (Å²) in [5.41, 5.74) is 2.02. The van der Waals surface area contributed by atoms with Gasteiger partial charge in [-0.25, -0.2) is 0 Å². The summed E-state index contributed by atoms with van der Waals surface area (Å²) in [5, 5.41) is 12.0. The van der Waals surface area contributed by atoms with E-state index in [0.29, 0.717) is 0 Å². The lowest BCUT2D eigenvalue weighted by Gasteiger charge is -2.14. The summed E-state index contributed by atoms with van der Waals surface area (Å²) in [4.78, 5) is 4.20. The number of aliphatic hydroxyl groups excluding tert-OH is 1. The molecular formula is C9H14N2O. The van der Waals surface area contributed by atoms with E-state index in [-0.39, 0.29) is 12.6 Å². The average Bonchev–Trinajstić information content (AvgIpc) is 2.10. The minimum absolute atomic E-state index is 0.0498. The Bertz CT molecular complexity index is 246. The topological polar surface area (TPSA) is 45.1 Å². The van der Waals surface area contributed by atoms with Crippen LogP contribution in [0.3, 0.4) is 0 Å². The van der Waals surface area contributed by atoms with E-state index in [1.807, 2.05) is 26.1 Å². The zero-order chi connectivity index (χ0) is 8.97. The number of nitrogens with one attached hydrogen (secondary N) is 1. The third-order valence-corrected chi connectivity index (χ3v) is 1.91. The van der Waals surface area contributed by atoms with Gasteiger partial charge in [-0.1, -0.05) is 6.07 Å². The van der Waals surface area contributed by atoms with Gasteiger partial charge in [0.2, 0.25) is 0 Å². The number of hydrogen-bond donors (Lipinski definition) is 2. The van der Waals surface area contributed by atoms with Gasteiger partial charge in [-0.15, -0.1) is 0 Å². The van der Waals surface area contributed by atoms with Gasteiger partial charge in [0.25, 0.3) is 0 Å². The molecule has 0 aliphatic carbocycles. The van der Waals surface area contributed by atoms with Gasteiger partial charge in [0.15, 0.2) is 0 Å². The van der Waals surface area contributed by atoms with Crippen molar-refractivity contribution in [1.82, 2.24) is 10.3 Å². The van der Waals surface area contributed by atoms with Crippen molar-refractivity contribution < 1.29 is 5.11 Å². The number of rotatable bonds is 3. The molecule has 1 aromatic heterocycles. The molecular weight excluding hydrogens is 152 g/mol. The van der Waals surface area contributed by atoms with Gasteiger partial charge < -0.3 is 10.4 Å². The minimum Gasteiger partial charge on any atom is -0.394 e. The third kappa shape index (κ3) is 1.81. The lowest BCUT2D eigenvalue weighted by atomic mass is 10.1. The Balaban J connectivity index is 2.92. The predicted octanol–water partition coefficient (Wildman–Crippen LogP) is 0.643. The molecule has 0 spiro atoms. The largest absolute Gasteiger partial charge is 0.394 e. The zero-order valence-corrected chi connectivity index (χ0v) is 7.41. The van der Waals surface area contributed by atoms with Crippen LogP contribution in [0, 0.1) is 6.92 Å². The molecule has 1 aromatic rings. The molecule has 1 rings (SSSR count). The van der Waals surface area contributed by atoms with E-state index in [9.17, 15) is 0 Å². The van der Waals surface area contributed by atoms with Gasteiger partial charge in [0.05, 0.1) is 18.3 Å². The number of pyridine rings is 1. The fraction of sp³-hybridized carbons (Fsp3) is 0.444. The molecule has 0 aliphatic rings. The van der Waals surface area contributed by atoms with E-state index in [4.69, 9.17) is 5.11 Å². The number of aryl methyl sites for hydroxylation is 1. The molecule has 1 heterocycles. The number of aliphatic hydroxyl groups is 1. The highest BCUT2D eigenvalue weighted by atomic mass is 16.3. The number of likely N-dealkylation sites (N-methyl/N-ethyl adjacent to an activating group) is 1. The van der Waals surface area contributed by atoms with Crippen LogP contribution in [0.2, 0.25) is 0 Å². The standard InChI is InChI=1S/C9H14N2O/c1-7-4-3-5-11-9(7)8(6-12)10-2/h3-5,8,10,12H,6H2,1-2H3. The van der Waals surface area contributed by atoms with Crippen molar-refractivity contribution in [2.24, 2.45) is 0 Å². The smallest absolute Gasteiger partial charge is 0.0730 e. The van der Waals surface area contributed by atoms with Gasteiger partial charge in [-0.3, -0.25) is 4.98 Å². The van der Waals surface area contributed by atoms with Crippen LogP contribution < -0.4 is 5.32 Å². The third-order valence-electron chi connectivity index (χ3n) is 1.91. The first-order valence-corrected chi connectivity index (χ1v) is 3.99. The summed E-state index contributed by atoms with van der Waals surface area (Å²) < 4.78 is 0. The normalized spacial score (nSPS) is 12.9. The highest BCUT2D eigenvalue weighted by Gasteiger charge is 2.10. The van der Waals surface area contributed by atoms with Gasteiger partial charge in [-0.05, 0) is 25.6 Å². The fourth-order valence-electron chi connectivity index (χ4n) is 1.18. The van der Waals surface area contributed by atoms with Crippen LogP contribution in [-0.4, -0.2) is 23.7 Å². The first-order chi connectivity index (χ1) is 5.79. The van der Waals surface area contributed by atoms with Crippen LogP contribution >= 0.6 is 0 Å². The van der Waals surface area contributed by atoms with E-state index >= 15 is 0 Å². The maximum absolute atomic E-state index is 9.00. The highest BCUT2D eigenvalue weighted by molar-refractivity contribution is 5.20. The Kier molecular flexibility index (Phi) is 3.19. The lowest BCUT2D eigenvalue weighted by Crippen LogP contribution is -2.21. The maximum atomic E-state index is 9.00. The van der Waals surface area contributed by atoms with Crippen LogP contribution in [-0.2, 0) is 0 Å². The van der Waals surface area contributed by atoms with E-state index in [0.717, 1.165) is 11.3 Å². The second-order valence-corrected chi connectivity index (χ2v) is 2.73. The maximum Gasteiger partial charge on any atom is 0.0730 e. The second-order valence-electron chi connectivity index (χ2n) is 2.73.